The maximum atomic E-state index is 14.4. The molecule has 2 amide bonds. The monoisotopic (exact) mass is 427 g/mol. The summed E-state index contributed by atoms with van der Waals surface area (Å²) in [6, 6.07) is 10.3. The van der Waals surface area contributed by atoms with Gasteiger partial charge in [-0.2, -0.15) is 0 Å². The summed E-state index contributed by atoms with van der Waals surface area (Å²) >= 11 is 0. The van der Waals surface area contributed by atoms with E-state index in [1.54, 1.807) is 12.1 Å². The molecule has 2 heterocycles. The lowest BCUT2D eigenvalue weighted by Crippen LogP contribution is -2.36. The van der Waals surface area contributed by atoms with E-state index >= 15 is 0 Å². The molecule has 0 unspecified atom stereocenters. The molecule has 2 N–H and O–H groups in total. The van der Waals surface area contributed by atoms with Crippen LogP contribution in [-0.4, -0.2) is 44.7 Å². The van der Waals surface area contributed by atoms with E-state index in [9.17, 15) is 14.0 Å². The van der Waals surface area contributed by atoms with Crippen LogP contribution in [0.25, 0.3) is 0 Å². The molecular formula is C23H26FN3O4. The number of anilines is 3. The Bertz CT molecular complexity index is 960. The number of halogens is 1. The van der Waals surface area contributed by atoms with E-state index in [4.69, 9.17) is 9.47 Å². The van der Waals surface area contributed by atoms with Crippen LogP contribution in [0.2, 0.25) is 0 Å². The zero-order valence-corrected chi connectivity index (χ0v) is 17.3. The first kappa shape index (κ1) is 21.1. The second-order valence-electron chi connectivity index (χ2n) is 7.63. The maximum absolute atomic E-state index is 14.4. The normalized spacial score (nSPS) is 15.8. The first-order valence-corrected chi connectivity index (χ1v) is 10.6. The SMILES string of the molecule is O=C(CCCOc1ccc2c(c1)CCC(=O)N2)Nc1ccc(N2CCOCC2)c(F)c1. The number of nitrogens with zero attached hydrogens (tertiary/aromatic N) is 1. The highest BCUT2D eigenvalue weighted by atomic mass is 19.1. The molecule has 164 valence electrons. The van der Waals surface area contributed by atoms with Crippen LogP contribution in [0.3, 0.4) is 0 Å². The van der Waals surface area contributed by atoms with E-state index in [0.29, 0.717) is 63.5 Å². The van der Waals surface area contributed by atoms with Gasteiger partial charge in [0.2, 0.25) is 11.8 Å². The molecule has 1 saturated heterocycles. The first-order chi connectivity index (χ1) is 15.1. The summed E-state index contributed by atoms with van der Waals surface area (Å²) in [4.78, 5) is 25.5. The topological polar surface area (TPSA) is 79.9 Å². The van der Waals surface area contributed by atoms with Crippen LogP contribution in [0, 0.1) is 5.82 Å². The van der Waals surface area contributed by atoms with Crippen LogP contribution < -0.4 is 20.3 Å². The minimum Gasteiger partial charge on any atom is -0.494 e. The number of benzene rings is 2. The highest BCUT2D eigenvalue weighted by Crippen LogP contribution is 2.27. The second-order valence-corrected chi connectivity index (χ2v) is 7.63. The zero-order valence-electron chi connectivity index (χ0n) is 17.3. The first-order valence-electron chi connectivity index (χ1n) is 10.6. The summed E-state index contributed by atoms with van der Waals surface area (Å²) in [6.45, 7) is 2.87. The van der Waals surface area contributed by atoms with Crippen molar-refractivity contribution in [3.05, 3.63) is 47.8 Å². The van der Waals surface area contributed by atoms with Gasteiger partial charge in [0.05, 0.1) is 25.5 Å². The van der Waals surface area contributed by atoms with Gasteiger partial charge >= 0.3 is 0 Å². The van der Waals surface area contributed by atoms with Gasteiger partial charge in [0.25, 0.3) is 0 Å². The molecule has 0 atom stereocenters. The molecule has 4 rings (SSSR count). The van der Waals surface area contributed by atoms with Gasteiger partial charge in [-0.1, -0.05) is 0 Å². The molecule has 0 spiro atoms. The van der Waals surface area contributed by atoms with E-state index in [2.05, 4.69) is 10.6 Å². The van der Waals surface area contributed by atoms with Crippen LogP contribution >= 0.6 is 0 Å². The van der Waals surface area contributed by atoms with Gasteiger partial charge in [-0.15, -0.1) is 0 Å². The Balaban J connectivity index is 1.22. The fourth-order valence-corrected chi connectivity index (χ4v) is 3.74. The van der Waals surface area contributed by atoms with Crippen molar-refractivity contribution in [1.29, 1.82) is 0 Å². The number of carbonyl (C=O) groups is 2. The van der Waals surface area contributed by atoms with Crippen LogP contribution in [0.15, 0.2) is 36.4 Å². The van der Waals surface area contributed by atoms with Crippen molar-refractivity contribution in [2.24, 2.45) is 0 Å². The van der Waals surface area contributed by atoms with Gasteiger partial charge in [0.1, 0.15) is 11.6 Å². The van der Waals surface area contributed by atoms with E-state index in [1.165, 1.54) is 6.07 Å². The van der Waals surface area contributed by atoms with E-state index in [0.717, 1.165) is 17.0 Å². The Labute approximate surface area is 180 Å². The molecule has 2 aromatic rings. The van der Waals surface area contributed by atoms with E-state index in [1.807, 2.05) is 23.1 Å². The molecule has 0 saturated carbocycles. The standard InChI is InChI=1S/C23H26FN3O4/c24-19-15-17(4-7-21(19)27-9-12-30-13-10-27)25-22(28)2-1-11-31-18-5-6-20-16(14-18)3-8-23(29)26-20/h4-7,14-15H,1-3,8-13H2,(H,25,28)(H,26,29). The van der Waals surface area contributed by atoms with Crippen molar-refractivity contribution in [2.45, 2.75) is 25.7 Å². The molecular weight excluding hydrogens is 401 g/mol. The Morgan fingerprint density at radius 3 is 2.81 bits per heavy atom. The predicted octanol–water partition coefficient (Wildman–Crippen LogP) is 3.34. The average molecular weight is 427 g/mol. The van der Waals surface area contributed by atoms with Crippen molar-refractivity contribution in [3.8, 4) is 5.75 Å². The minimum atomic E-state index is -0.355. The van der Waals surface area contributed by atoms with Crippen molar-refractivity contribution in [1.82, 2.24) is 0 Å². The molecule has 8 heteroatoms. The van der Waals surface area contributed by atoms with E-state index in [-0.39, 0.29) is 24.1 Å². The van der Waals surface area contributed by atoms with Gasteiger partial charge < -0.3 is 25.0 Å². The number of fused-ring (bicyclic) bond motifs is 1. The molecule has 2 aliphatic rings. The van der Waals surface area contributed by atoms with E-state index < -0.39 is 0 Å². The van der Waals surface area contributed by atoms with Gasteiger partial charge in [0, 0.05) is 37.3 Å². The van der Waals surface area contributed by atoms with Gasteiger partial charge in [-0.25, -0.2) is 4.39 Å². The Morgan fingerprint density at radius 1 is 1.16 bits per heavy atom. The third-order valence-electron chi connectivity index (χ3n) is 5.37. The number of ether oxygens (including phenoxy) is 2. The number of carbonyl (C=O) groups excluding carboxylic acids is 2. The summed E-state index contributed by atoms with van der Waals surface area (Å²) in [5.41, 5.74) is 2.85. The molecule has 7 nitrogen and oxygen atoms in total. The minimum absolute atomic E-state index is 0.0304. The summed E-state index contributed by atoms with van der Waals surface area (Å²) in [5, 5.41) is 5.57. The smallest absolute Gasteiger partial charge is 0.224 e. The highest BCUT2D eigenvalue weighted by Gasteiger charge is 2.16. The summed E-state index contributed by atoms with van der Waals surface area (Å²) in [6.07, 6.45) is 1.98. The van der Waals surface area contributed by atoms with Gasteiger partial charge in [-0.3, -0.25) is 9.59 Å². The maximum Gasteiger partial charge on any atom is 0.224 e. The molecule has 0 aliphatic carbocycles. The van der Waals surface area contributed by atoms with Gasteiger partial charge in [-0.05, 0) is 54.8 Å². The lowest BCUT2D eigenvalue weighted by Gasteiger charge is -2.29. The molecule has 1 fully saturated rings. The Kier molecular flexibility index (Phi) is 6.66. The fraction of sp³-hybridized carbons (Fsp3) is 0.391. The van der Waals surface area contributed by atoms with Crippen LogP contribution in [0.4, 0.5) is 21.5 Å². The Morgan fingerprint density at radius 2 is 2.00 bits per heavy atom. The highest BCUT2D eigenvalue weighted by molar-refractivity contribution is 5.94. The molecule has 2 aliphatic heterocycles. The van der Waals surface area contributed by atoms with Crippen LogP contribution in [-0.2, 0) is 20.7 Å². The molecule has 0 radical (unpaired) electrons. The number of hydrogen-bond donors (Lipinski definition) is 2. The van der Waals surface area contributed by atoms with Crippen molar-refractivity contribution >= 4 is 28.9 Å². The molecule has 31 heavy (non-hydrogen) atoms. The molecule has 2 aromatic carbocycles. The third-order valence-corrected chi connectivity index (χ3v) is 5.37. The van der Waals surface area contributed by atoms with Crippen molar-refractivity contribution < 1.29 is 23.5 Å². The number of rotatable bonds is 7. The number of aryl methyl sites for hydroxylation is 1. The largest absolute Gasteiger partial charge is 0.494 e. The fourth-order valence-electron chi connectivity index (χ4n) is 3.74. The van der Waals surface area contributed by atoms with Crippen LogP contribution in [0.5, 0.6) is 5.75 Å². The number of hydrogen-bond acceptors (Lipinski definition) is 5. The predicted molar refractivity (Wildman–Crippen MR) is 116 cm³/mol. The molecule has 0 aromatic heterocycles. The van der Waals surface area contributed by atoms with Crippen molar-refractivity contribution in [3.63, 3.8) is 0 Å². The van der Waals surface area contributed by atoms with Gasteiger partial charge in [0.15, 0.2) is 0 Å². The number of amides is 2. The lowest BCUT2D eigenvalue weighted by molar-refractivity contribution is -0.117. The number of nitrogens with one attached hydrogen (secondary N) is 2. The lowest BCUT2D eigenvalue weighted by atomic mass is 10.0. The van der Waals surface area contributed by atoms with Crippen molar-refractivity contribution in [2.75, 3.05) is 48.4 Å². The quantitative estimate of drug-likeness (QED) is 0.663. The summed E-state index contributed by atoms with van der Waals surface area (Å²) in [7, 11) is 0. The van der Waals surface area contributed by atoms with Crippen LogP contribution in [0.1, 0.15) is 24.8 Å². The molecule has 0 bridgehead atoms. The third kappa shape index (κ3) is 5.52. The second kappa shape index (κ2) is 9.78. The number of morpholine rings is 1. The summed E-state index contributed by atoms with van der Waals surface area (Å²) in [5.74, 6) is 0.209. The zero-order chi connectivity index (χ0) is 21.6. The summed E-state index contributed by atoms with van der Waals surface area (Å²) < 4.78 is 25.5. The Hall–Kier alpha value is -3.13. The average Bonchev–Trinajstić information content (AvgIpc) is 2.77.